The van der Waals surface area contributed by atoms with Crippen molar-refractivity contribution in [2.75, 3.05) is 6.61 Å². The number of phenols is 1. The summed E-state index contributed by atoms with van der Waals surface area (Å²) in [5, 5.41) is 38.4. The van der Waals surface area contributed by atoms with E-state index in [2.05, 4.69) is 166 Å². The summed E-state index contributed by atoms with van der Waals surface area (Å²) in [4.78, 5) is 43.0. The third-order valence-electron chi connectivity index (χ3n) is 24.4. The summed E-state index contributed by atoms with van der Waals surface area (Å²) >= 11 is 33.2. The third-order valence-corrected chi connectivity index (χ3v) is 30.7. The van der Waals surface area contributed by atoms with Crippen molar-refractivity contribution in [3.8, 4) is 43.1 Å². The summed E-state index contributed by atoms with van der Waals surface area (Å²) in [6.07, 6.45) is 31.6. The number of halogens is 4. The molecule has 0 saturated carbocycles. The van der Waals surface area contributed by atoms with Crippen LogP contribution < -0.4 is 4.74 Å². The van der Waals surface area contributed by atoms with Crippen molar-refractivity contribution in [2.24, 2.45) is 0 Å². The van der Waals surface area contributed by atoms with Crippen LogP contribution >= 0.6 is 91.8 Å². The summed E-state index contributed by atoms with van der Waals surface area (Å²) < 4.78 is 9.33. The van der Waals surface area contributed by atoms with Gasteiger partial charge in [0.25, 0.3) is 11.4 Å². The predicted octanol–water partition coefficient (Wildman–Crippen LogP) is 31.4. The van der Waals surface area contributed by atoms with Gasteiger partial charge in [-0.25, -0.2) is 20.2 Å². The summed E-state index contributed by atoms with van der Waals surface area (Å²) in [6, 6.07) is 51.7. The number of rotatable bonds is 34. The molecule has 15 rings (SSSR count). The van der Waals surface area contributed by atoms with Gasteiger partial charge in [0.1, 0.15) is 11.5 Å². The van der Waals surface area contributed by atoms with Gasteiger partial charge in [-0.3, -0.25) is 9.59 Å². The number of benzene rings is 7. The van der Waals surface area contributed by atoms with Crippen molar-refractivity contribution >= 4 is 147 Å². The number of aryl methyl sites for hydroxylation is 4. The molecule has 0 amide bonds. The topological polar surface area (TPSA) is 120 Å². The maximum Gasteiger partial charge on any atom is 0.270 e. The van der Waals surface area contributed by atoms with E-state index in [9.17, 15) is 15.6 Å². The average Bonchev–Trinajstić information content (AvgIpc) is 1.49. The number of aromatic hydroxyl groups is 1. The highest BCUT2D eigenvalue weighted by Gasteiger charge is 2.55. The van der Waals surface area contributed by atoms with Gasteiger partial charge in [-0.05, 0) is 173 Å². The molecule has 16 heteroatoms. The van der Waals surface area contributed by atoms with Crippen LogP contribution in [-0.2, 0) is 36.5 Å². The Morgan fingerprint density at radius 2 is 0.746 bits per heavy atom. The highest BCUT2D eigenvalue weighted by molar-refractivity contribution is 7.29. The normalized spacial score (nSPS) is 15.5. The zero-order chi connectivity index (χ0) is 82.5. The molecular weight excluding hydrogens is 1620 g/mol. The van der Waals surface area contributed by atoms with Gasteiger partial charge in [0.2, 0.25) is 0 Å². The van der Waals surface area contributed by atoms with Gasteiger partial charge < -0.3 is 9.84 Å². The molecular formula is C102H94Cl4N4O4S4. The van der Waals surface area contributed by atoms with E-state index >= 15 is 9.59 Å². The predicted molar refractivity (Wildman–Crippen MR) is 495 cm³/mol. The highest BCUT2D eigenvalue weighted by Crippen LogP contribution is 2.71. The number of phenolic OH excluding ortho intramolecular Hbond substituents is 1. The van der Waals surface area contributed by atoms with Crippen molar-refractivity contribution in [1.29, 1.82) is 10.5 Å². The smallest absolute Gasteiger partial charge is 0.270 e. The number of fused-ring (bicyclic) bond motifs is 12. The van der Waals surface area contributed by atoms with Gasteiger partial charge in [-0.2, -0.15) is 0 Å². The third kappa shape index (κ3) is 15.3. The second-order valence-corrected chi connectivity index (χ2v) is 37.8. The van der Waals surface area contributed by atoms with E-state index in [0.29, 0.717) is 33.6 Å². The molecule has 11 aromatic rings. The first-order chi connectivity index (χ1) is 57.6. The van der Waals surface area contributed by atoms with Crippen LogP contribution in [0.25, 0.3) is 72.7 Å². The Hall–Kier alpha value is -9.12. The molecule has 0 radical (unpaired) electrons. The summed E-state index contributed by atoms with van der Waals surface area (Å²) in [6.45, 7) is 28.2. The minimum atomic E-state index is -1.11. The molecule has 0 spiro atoms. The van der Waals surface area contributed by atoms with Gasteiger partial charge in [-0.1, -0.05) is 287 Å². The summed E-state index contributed by atoms with van der Waals surface area (Å²) in [5.74, 6) is 0.109. The van der Waals surface area contributed by atoms with Crippen LogP contribution in [0.15, 0.2) is 156 Å². The van der Waals surface area contributed by atoms with Crippen molar-refractivity contribution in [2.45, 2.75) is 212 Å². The lowest BCUT2D eigenvalue weighted by Gasteiger charge is -2.34. The molecule has 4 aliphatic rings. The maximum atomic E-state index is 15.1. The van der Waals surface area contributed by atoms with Crippen LogP contribution in [0.2, 0.25) is 20.1 Å². The number of carbonyl (C=O) groups excluding carboxylic acids is 2. The standard InChI is InChI=1S/C102H94Cl4N4O4S4/c1-8-13-18-23-24-29-50-114-94-88-90-100(96-78(54-70(116-96)52-76-86(84(60-108)110-7)72-56-80(104)82(106)58-74(72)92(76)112)102(90,67-46-38-63(39-47-67)32-27-21-16-11-4)68-48-40-64(41-49-68)33-28-22-17-12-5)117-97(88)93(113)87-89-99(118-98(87)94)95-77(53-69(115-95)51-75-85(83(59-107)109-6)71-55-79(103)81(105)57-73(71)91(75)111)101(89,65-42-34-61(35-43-65)30-25-19-14-9-2)66-44-36-62(37-45-66)31-26-20-15-10-3/h34-49,51-58,113H,8-33,50H2,1-5H3/b75-51-,76-52-,85-83-,86-84+. The Kier molecular flexibility index (Phi) is 26.2. The van der Waals surface area contributed by atoms with E-state index in [1.165, 1.54) is 47.2 Å². The van der Waals surface area contributed by atoms with E-state index in [0.717, 1.165) is 238 Å². The lowest BCUT2D eigenvalue weighted by Crippen LogP contribution is -2.29. The molecule has 4 heterocycles. The van der Waals surface area contributed by atoms with E-state index in [4.69, 9.17) is 64.3 Å². The molecule has 0 saturated heterocycles. The van der Waals surface area contributed by atoms with Crippen LogP contribution in [0.4, 0.5) is 0 Å². The quantitative estimate of drug-likeness (QED) is 0.0186. The zero-order valence-corrected chi connectivity index (χ0v) is 73.8. The summed E-state index contributed by atoms with van der Waals surface area (Å²) in [7, 11) is 0. The van der Waals surface area contributed by atoms with Crippen LogP contribution in [-0.4, -0.2) is 23.3 Å². The van der Waals surface area contributed by atoms with Gasteiger partial charge >= 0.3 is 0 Å². The van der Waals surface area contributed by atoms with Crippen LogP contribution in [0.1, 0.15) is 284 Å². The number of carbonyl (C=O) groups is 2. The van der Waals surface area contributed by atoms with E-state index < -0.39 is 10.8 Å². The molecule has 118 heavy (non-hydrogen) atoms. The number of ketones is 2. The Morgan fingerprint density at radius 3 is 1.09 bits per heavy atom. The van der Waals surface area contributed by atoms with Gasteiger partial charge in [0, 0.05) is 65.1 Å². The molecule has 0 fully saturated rings. The van der Waals surface area contributed by atoms with Crippen LogP contribution in [0.5, 0.6) is 11.5 Å². The average molecular weight is 1710 g/mol. The molecule has 4 aliphatic carbocycles. The molecule has 0 bridgehead atoms. The number of nitriles is 2. The Balaban J connectivity index is 1.05. The summed E-state index contributed by atoms with van der Waals surface area (Å²) in [5.41, 5.74) is 12.4. The van der Waals surface area contributed by atoms with Crippen molar-refractivity contribution in [3.05, 3.63) is 298 Å². The second kappa shape index (κ2) is 36.8. The minimum absolute atomic E-state index is 0.143. The fourth-order valence-electron chi connectivity index (χ4n) is 18.5. The molecule has 4 aromatic heterocycles. The Labute approximate surface area is 730 Å². The van der Waals surface area contributed by atoms with Gasteiger partial charge in [0.05, 0.1) is 91.7 Å². The number of hydrogen-bond acceptors (Lipinski definition) is 10. The molecule has 8 nitrogen and oxygen atoms in total. The first kappa shape index (κ1) is 83.9. The van der Waals surface area contributed by atoms with Crippen LogP contribution in [0.3, 0.4) is 0 Å². The molecule has 1 N–H and O–H groups in total. The molecule has 7 aromatic carbocycles. The molecule has 0 unspecified atom stereocenters. The number of Topliss-reactive ketones (excluding diaryl/α,β-unsaturated/α-hetero) is 2. The molecule has 0 aliphatic heterocycles. The highest BCUT2D eigenvalue weighted by atomic mass is 35.5. The first-order valence-electron chi connectivity index (χ1n) is 42.2. The van der Waals surface area contributed by atoms with Gasteiger partial charge in [0.15, 0.2) is 11.6 Å². The number of thiophene rings is 4. The monoisotopic (exact) mass is 1710 g/mol. The largest absolute Gasteiger partial charge is 0.506 e. The number of nitrogens with zero attached hydrogens (tertiary/aromatic N) is 4. The second-order valence-electron chi connectivity index (χ2n) is 31.9. The Bertz CT molecular complexity index is 5770. The maximum absolute atomic E-state index is 15.1. The van der Waals surface area contributed by atoms with Crippen molar-refractivity contribution in [1.82, 2.24) is 0 Å². The lowest BCUT2D eigenvalue weighted by atomic mass is 9.66. The van der Waals surface area contributed by atoms with Crippen molar-refractivity contribution in [3.63, 3.8) is 0 Å². The van der Waals surface area contributed by atoms with Gasteiger partial charge in [-0.15, -0.1) is 45.3 Å². The van der Waals surface area contributed by atoms with E-state index in [1.54, 1.807) is 57.5 Å². The van der Waals surface area contributed by atoms with Crippen LogP contribution in [0, 0.1) is 35.8 Å². The fourth-order valence-corrected chi connectivity index (χ4v) is 24.4. The Morgan fingerprint density at radius 1 is 0.424 bits per heavy atom. The number of ether oxygens (including phenoxy) is 1. The first-order valence-corrected chi connectivity index (χ1v) is 47.0. The molecule has 598 valence electrons. The molecule has 0 atom stereocenters. The SMILES string of the molecule is [C-]#[N+]/C(C#N)=C1\C(=C\c2cc3c(s2)-c2sc4c(OCCCCCCCC)c5c6c(sc5c(O)c4c2C3(c2ccc(CCCCCC)cc2)c2ccc(CCCCCC)cc2)-c2sc(/C=C3\C(=O)c4cc(Cl)c(Cl)cc4\C3=C(\C#N)[N+]#[C-])cc2C6(c2ccc(CCCCCC)cc2)c2ccc(CCCCCC)cc2)C(=O)c2cc(Cl)c(Cl)cc21. The number of hydrogen-bond donors (Lipinski definition) is 1. The zero-order valence-electron chi connectivity index (χ0n) is 67.6. The number of allylic oxidation sites excluding steroid dienone is 6. The van der Waals surface area contributed by atoms with Crippen molar-refractivity contribution < 1.29 is 19.4 Å². The minimum Gasteiger partial charge on any atom is -0.506 e. The van der Waals surface area contributed by atoms with E-state index in [-0.39, 0.29) is 82.2 Å². The van der Waals surface area contributed by atoms with E-state index in [1.807, 2.05) is 12.2 Å². The number of unbranched alkanes of at least 4 members (excludes halogenated alkanes) is 17. The lowest BCUT2D eigenvalue weighted by molar-refractivity contribution is 0.103. The fraction of sp³-hybridized carbons (Fsp3) is 0.333.